The first kappa shape index (κ1) is 20.1. The molecule has 0 amide bonds. The summed E-state index contributed by atoms with van der Waals surface area (Å²) in [5, 5.41) is 0.793. The topological polar surface area (TPSA) is 6.48 Å². The predicted octanol–water partition coefficient (Wildman–Crippen LogP) is 6.19. The molecule has 0 bridgehead atoms. The highest BCUT2D eigenvalue weighted by molar-refractivity contribution is 6.31. The third kappa shape index (κ3) is 4.69. The molecule has 0 saturated carbocycles. The zero-order valence-corrected chi connectivity index (χ0v) is 17.4. The maximum Gasteiger partial charge on any atom is 0.127 e. The molecule has 1 saturated heterocycles. The Labute approximate surface area is 177 Å². The maximum atomic E-state index is 14.4. The lowest BCUT2D eigenvalue weighted by atomic mass is 10.0. The fourth-order valence-corrected chi connectivity index (χ4v) is 4.33. The van der Waals surface area contributed by atoms with Crippen molar-refractivity contribution in [2.24, 2.45) is 0 Å². The average Bonchev–Trinajstić information content (AvgIpc) is 2.73. The first-order chi connectivity index (χ1) is 14.1. The SMILES string of the molecule is Cc1ccc([C@@H]2N(Cc3ccccc3F)CCCN2Cc2ccccc2Cl)cc1. The minimum Gasteiger partial charge on any atom is -0.280 e. The number of hydrogen-bond donors (Lipinski definition) is 0. The molecular formula is C25H26ClFN2. The van der Waals surface area contributed by atoms with Gasteiger partial charge in [-0.2, -0.15) is 0 Å². The zero-order chi connectivity index (χ0) is 20.2. The molecule has 3 aromatic carbocycles. The molecule has 0 radical (unpaired) electrons. The fourth-order valence-electron chi connectivity index (χ4n) is 4.13. The van der Waals surface area contributed by atoms with Crippen molar-refractivity contribution in [3.8, 4) is 0 Å². The molecule has 0 unspecified atom stereocenters. The van der Waals surface area contributed by atoms with Crippen LogP contribution in [0.4, 0.5) is 4.39 Å². The molecule has 0 spiro atoms. The first-order valence-corrected chi connectivity index (χ1v) is 10.5. The van der Waals surface area contributed by atoms with Crippen molar-refractivity contribution < 1.29 is 4.39 Å². The van der Waals surface area contributed by atoms with Gasteiger partial charge in [0.25, 0.3) is 0 Å². The summed E-state index contributed by atoms with van der Waals surface area (Å²) in [4.78, 5) is 4.83. The Balaban J connectivity index is 1.67. The van der Waals surface area contributed by atoms with Crippen LogP contribution in [0.1, 0.15) is 34.8 Å². The first-order valence-electron chi connectivity index (χ1n) is 10.1. The number of halogens is 2. The molecule has 1 aliphatic rings. The third-order valence-electron chi connectivity index (χ3n) is 5.62. The van der Waals surface area contributed by atoms with Gasteiger partial charge in [0.15, 0.2) is 0 Å². The van der Waals surface area contributed by atoms with Gasteiger partial charge in [0, 0.05) is 36.8 Å². The monoisotopic (exact) mass is 408 g/mol. The second-order valence-electron chi connectivity index (χ2n) is 7.76. The van der Waals surface area contributed by atoms with Crippen LogP contribution in [0.25, 0.3) is 0 Å². The molecule has 1 aliphatic heterocycles. The lowest BCUT2D eigenvalue weighted by molar-refractivity contribution is -0.00963. The summed E-state index contributed by atoms with van der Waals surface area (Å²) >= 11 is 6.46. The van der Waals surface area contributed by atoms with Crippen molar-refractivity contribution in [3.63, 3.8) is 0 Å². The van der Waals surface area contributed by atoms with Gasteiger partial charge >= 0.3 is 0 Å². The minimum atomic E-state index is -0.140. The molecule has 0 N–H and O–H groups in total. The normalized spacial score (nSPS) is 18.1. The Bertz CT molecular complexity index is 902. The van der Waals surface area contributed by atoms with E-state index >= 15 is 0 Å². The van der Waals surface area contributed by atoms with Crippen molar-refractivity contribution in [2.75, 3.05) is 13.1 Å². The maximum absolute atomic E-state index is 14.4. The van der Waals surface area contributed by atoms with Gasteiger partial charge < -0.3 is 0 Å². The van der Waals surface area contributed by atoms with Gasteiger partial charge in [0.2, 0.25) is 0 Å². The van der Waals surface area contributed by atoms with Crippen LogP contribution in [0.5, 0.6) is 0 Å². The predicted molar refractivity (Wildman–Crippen MR) is 117 cm³/mol. The third-order valence-corrected chi connectivity index (χ3v) is 5.99. The molecule has 29 heavy (non-hydrogen) atoms. The molecule has 4 heteroatoms. The smallest absolute Gasteiger partial charge is 0.127 e. The van der Waals surface area contributed by atoms with E-state index in [2.05, 4.69) is 47.1 Å². The molecule has 1 fully saturated rings. The second kappa shape index (κ2) is 9.08. The quantitative estimate of drug-likeness (QED) is 0.496. The van der Waals surface area contributed by atoms with Crippen LogP contribution < -0.4 is 0 Å². The molecule has 4 rings (SSSR count). The Morgan fingerprint density at radius 2 is 1.41 bits per heavy atom. The average molecular weight is 409 g/mol. The standard InChI is InChI=1S/C25H26ClFN2/c1-19-11-13-20(14-12-19)25-28(17-21-7-2-4-9-23(21)26)15-6-16-29(25)18-22-8-3-5-10-24(22)27/h2-5,7-14,25H,6,15-18H2,1H3/t25-/m0/s1. The molecule has 0 aliphatic carbocycles. The molecule has 0 aromatic heterocycles. The summed E-state index contributed by atoms with van der Waals surface area (Å²) in [6, 6.07) is 23.8. The summed E-state index contributed by atoms with van der Waals surface area (Å²) in [5.74, 6) is -0.140. The van der Waals surface area contributed by atoms with Gasteiger partial charge in [0.1, 0.15) is 5.82 Å². The van der Waals surface area contributed by atoms with E-state index < -0.39 is 0 Å². The van der Waals surface area contributed by atoms with Crippen LogP contribution in [0, 0.1) is 12.7 Å². The number of aryl methyl sites for hydroxylation is 1. The van der Waals surface area contributed by atoms with E-state index in [1.54, 1.807) is 12.1 Å². The van der Waals surface area contributed by atoms with Crippen molar-refractivity contribution in [1.82, 2.24) is 9.80 Å². The summed E-state index contributed by atoms with van der Waals surface area (Å²) in [5.41, 5.74) is 4.34. The number of hydrogen-bond acceptors (Lipinski definition) is 2. The van der Waals surface area contributed by atoms with E-state index in [4.69, 9.17) is 11.6 Å². The summed E-state index contributed by atoms with van der Waals surface area (Å²) in [6.07, 6.45) is 1.13. The number of rotatable bonds is 5. The molecule has 1 heterocycles. The van der Waals surface area contributed by atoms with Crippen molar-refractivity contribution in [3.05, 3.63) is 106 Å². The van der Waals surface area contributed by atoms with E-state index in [9.17, 15) is 4.39 Å². The van der Waals surface area contributed by atoms with Crippen molar-refractivity contribution >= 4 is 11.6 Å². The van der Waals surface area contributed by atoms with Gasteiger partial charge in [-0.05, 0) is 36.6 Å². The lowest BCUT2D eigenvalue weighted by Gasteiger charge is -2.44. The molecule has 1 atom stereocenters. The minimum absolute atomic E-state index is 0.0835. The van der Waals surface area contributed by atoms with Crippen LogP contribution in [0.3, 0.4) is 0 Å². The lowest BCUT2D eigenvalue weighted by Crippen LogP contribution is -2.47. The van der Waals surface area contributed by atoms with Crippen LogP contribution in [0.2, 0.25) is 5.02 Å². The van der Waals surface area contributed by atoms with Gasteiger partial charge in [-0.15, -0.1) is 0 Å². The Morgan fingerprint density at radius 1 is 0.828 bits per heavy atom. The van der Waals surface area contributed by atoms with E-state index in [1.165, 1.54) is 11.1 Å². The number of benzene rings is 3. The Hall–Kier alpha value is -2.20. The molecular weight excluding hydrogens is 383 g/mol. The Kier molecular flexibility index (Phi) is 6.29. The van der Waals surface area contributed by atoms with Crippen LogP contribution in [0.15, 0.2) is 72.8 Å². The fraction of sp³-hybridized carbons (Fsp3) is 0.280. The van der Waals surface area contributed by atoms with Crippen LogP contribution >= 0.6 is 11.6 Å². The second-order valence-corrected chi connectivity index (χ2v) is 8.17. The van der Waals surface area contributed by atoms with Gasteiger partial charge in [-0.1, -0.05) is 77.8 Å². The van der Waals surface area contributed by atoms with E-state index in [0.717, 1.165) is 42.2 Å². The molecule has 2 nitrogen and oxygen atoms in total. The van der Waals surface area contributed by atoms with Crippen LogP contribution in [-0.2, 0) is 13.1 Å². The highest BCUT2D eigenvalue weighted by Crippen LogP contribution is 2.33. The van der Waals surface area contributed by atoms with Crippen molar-refractivity contribution in [2.45, 2.75) is 32.6 Å². The zero-order valence-electron chi connectivity index (χ0n) is 16.7. The number of nitrogens with zero attached hydrogens (tertiary/aromatic N) is 2. The Morgan fingerprint density at radius 3 is 2.07 bits per heavy atom. The van der Waals surface area contributed by atoms with E-state index in [0.29, 0.717) is 6.54 Å². The van der Waals surface area contributed by atoms with Gasteiger partial charge in [-0.25, -0.2) is 4.39 Å². The van der Waals surface area contributed by atoms with E-state index in [-0.39, 0.29) is 12.0 Å². The van der Waals surface area contributed by atoms with E-state index in [1.807, 2.05) is 30.3 Å². The summed E-state index contributed by atoms with van der Waals surface area (Å²) in [7, 11) is 0. The van der Waals surface area contributed by atoms with Gasteiger partial charge in [0.05, 0.1) is 6.17 Å². The van der Waals surface area contributed by atoms with Crippen LogP contribution in [-0.4, -0.2) is 22.9 Å². The van der Waals surface area contributed by atoms with Gasteiger partial charge in [-0.3, -0.25) is 9.80 Å². The van der Waals surface area contributed by atoms with Crippen molar-refractivity contribution in [1.29, 1.82) is 0 Å². The highest BCUT2D eigenvalue weighted by Gasteiger charge is 2.31. The largest absolute Gasteiger partial charge is 0.280 e. The molecule has 3 aromatic rings. The summed E-state index contributed by atoms with van der Waals surface area (Å²) in [6.45, 7) is 5.38. The highest BCUT2D eigenvalue weighted by atomic mass is 35.5. The molecule has 150 valence electrons. The summed E-state index contributed by atoms with van der Waals surface area (Å²) < 4.78 is 14.4.